The fourth-order valence-corrected chi connectivity index (χ4v) is 8.68. The molecule has 0 aliphatic carbocycles. The molecule has 3 heterocycles. The van der Waals surface area contributed by atoms with E-state index in [0.29, 0.717) is 11.8 Å². The van der Waals surface area contributed by atoms with Gasteiger partial charge in [-0.3, -0.25) is 67.1 Å². The molecule has 1 fully saturated rings. The molecule has 12 amide bonds. The topological polar surface area (TPSA) is 472 Å². The van der Waals surface area contributed by atoms with Crippen LogP contribution >= 0.6 is 11.8 Å². The molecule has 5 rings (SSSR count). The van der Waals surface area contributed by atoms with Crippen molar-refractivity contribution in [2.45, 2.75) is 119 Å². The van der Waals surface area contributed by atoms with Crippen LogP contribution in [0.4, 0.5) is 0 Å². The number of nitrogens with two attached hydrogens (primary N) is 2. The van der Waals surface area contributed by atoms with Gasteiger partial charge in [0.05, 0.1) is 24.8 Å². The molecule has 2 bridgehead atoms. The number of nitrogens with one attached hydrogen (secondary N) is 9. The second kappa shape index (κ2) is 31.3. The Morgan fingerprint density at radius 3 is 1.76 bits per heavy atom. The minimum atomic E-state index is -2.10. The van der Waals surface area contributed by atoms with Crippen LogP contribution in [0.5, 0.6) is 5.75 Å². The number of aliphatic carboxylic acids is 2. The number of carbonyl (C=O) groups excluding carboxylic acids is 12. The van der Waals surface area contributed by atoms with E-state index in [9.17, 15) is 82.4 Å². The number of fused-ring (bicyclic) bond motifs is 32. The Balaban J connectivity index is 1.85. The number of primary amides is 2. The van der Waals surface area contributed by atoms with Gasteiger partial charge in [0.1, 0.15) is 54.1 Å². The van der Waals surface area contributed by atoms with Gasteiger partial charge in [-0.05, 0) is 55.4 Å². The molecule has 2 aromatic rings. The van der Waals surface area contributed by atoms with Gasteiger partial charge >= 0.3 is 11.9 Å². The van der Waals surface area contributed by atoms with Gasteiger partial charge in [-0.1, -0.05) is 42.5 Å². The number of amides is 12. The number of aromatic hydroxyl groups is 1. The van der Waals surface area contributed by atoms with Crippen LogP contribution in [-0.2, 0) is 80.0 Å². The molecule has 3 aliphatic heterocycles. The summed E-state index contributed by atoms with van der Waals surface area (Å²) in [5, 5.41) is 50.6. The maximum Gasteiger partial charge on any atom is 0.305 e. The number of hydrogen-bond donors (Lipinski definition) is 14. The third-order valence-corrected chi connectivity index (χ3v) is 12.9. The van der Waals surface area contributed by atoms with E-state index < -0.39 is 182 Å². The predicted octanol–water partition coefficient (Wildman–Crippen LogP) is -4.82. The molecule has 0 saturated carbocycles. The van der Waals surface area contributed by atoms with Crippen molar-refractivity contribution < 1.29 is 82.4 Å². The second-order valence-corrected chi connectivity index (χ2v) is 19.2. The Bertz CT molecular complexity index is 2640. The highest BCUT2D eigenvalue weighted by Gasteiger charge is 2.36. The molecular weight excluding hydrogens is 1060 g/mol. The highest BCUT2D eigenvalue weighted by molar-refractivity contribution is 8.00. The van der Waals surface area contributed by atoms with E-state index in [1.165, 1.54) is 24.3 Å². The molecule has 30 heteroatoms. The average molecular weight is 1120 g/mol. The van der Waals surface area contributed by atoms with Crippen LogP contribution in [-0.4, -0.2) is 171 Å². The Kier molecular flexibility index (Phi) is 24.8. The van der Waals surface area contributed by atoms with E-state index in [1.54, 1.807) is 30.3 Å². The summed E-state index contributed by atoms with van der Waals surface area (Å²) in [7, 11) is 0. The van der Waals surface area contributed by atoms with Crippen molar-refractivity contribution in [1.82, 2.24) is 47.9 Å². The van der Waals surface area contributed by atoms with Gasteiger partial charge in [0.15, 0.2) is 0 Å². The average Bonchev–Trinajstić information content (AvgIpc) is 3.38. The first-order valence-corrected chi connectivity index (χ1v) is 25.8. The zero-order valence-corrected chi connectivity index (χ0v) is 43.2. The molecule has 1 saturated heterocycles. The largest absolute Gasteiger partial charge is 0.508 e. The number of thioether (sulfide) groups is 1. The van der Waals surface area contributed by atoms with Crippen molar-refractivity contribution in [3.8, 4) is 5.75 Å². The van der Waals surface area contributed by atoms with Crippen LogP contribution in [0.25, 0.3) is 0 Å². The van der Waals surface area contributed by atoms with Crippen LogP contribution in [0, 0.1) is 0 Å². The highest BCUT2D eigenvalue weighted by Crippen LogP contribution is 2.14. The third kappa shape index (κ3) is 22.3. The van der Waals surface area contributed by atoms with Crippen LogP contribution in [0.15, 0.2) is 59.6 Å². The third-order valence-electron chi connectivity index (χ3n) is 11.9. The number of carboxylic acid groups (broad SMARTS) is 2. The zero-order valence-electron chi connectivity index (χ0n) is 42.4. The van der Waals surface area contributed by atoms with Gasteiger partial charge in [-0.15, -0.1) is 11.8 Å². The summed E-state index contributed by atoms with van der Waals surface area (Å²) in [6, 6.07) is -0.405. The number of aliphatic imine (C=N–C) groups is 1. The van der Waals surface area contributed by atoms with E-state index in [0.717, 1.165) is 11.8 Å². The van der Waals surface area contributed by atoms with Crippen molar-refractivity contribution >= 4 is 101 Å². The number of phenols is 1. The number of phenolic OH excluding ortho intramolecular Hbond substituents is 1. The molecule has 0 spiro atoms. The van der Waals surface area contributed by atoms with E-state index in [-0.39, 0.29) is 49.3 Å². The summed E-state index contributed by atoms with van der Waals surface area (Å²) in [6.45, 7) is -0.0167. The minimum absolute atomic E-state index is 0.0167. The minimum Gasteiger partial charge on any atom is -0.508 e. The standard InChI is InChI=1S/C49H62N12O17S/c50-36(63)20-33-48(77)57-30-13-15-37(64)52-17-5-4-8-28(54-39(66)24-79-23-35(42(51)71)61-45(30)74)44(73)58-32(18-25-6-2-1-3-7-25)47(76)56-29(14-16-40(67)68)43(72)53-22-38(65)55-31(19-26-9-11-27(62)12-10-26)46(75)60-34(21-41(69)70)49(78)59-33/h1-3,6-7,9-12,22,28-35,62H,4-5,8,13-21,23-24H2,(H2,50,63)(H2,51,71)(H,52,64)(H,54,66)(H,55,65)(H,56,76)(H,57,77)(H,58,73)(H,59,78)(H,60,75)(H,61,74)(H,67,68)(H,69,70)/t28-,29-,30-,31-,32-,33-,34-,35-/m0/s1. The summed E-state index contributed by atoms with van der Waals surface area (Å²) < 4.78 is 0. The number of carboxylic acids is 2. The maximum atomic E-state index is 14.2. The molecule has 8 atom stereocenters. The summed E-state index contributed by atoms with van der Waals surface area (Å²) in [5.41, 5.74) is 11.8. The molecule has 79 heavy (non-hydrogen) atoms. The van der Waals surface area contributed by atoms with Gasteiger partial charge in [0.2, 0.25) is 59.1 Å². The monoisotopic (exact) mass is 1120 g/mol. The molecule has 0 unspecified atom stereocenters. The van der Waals surface area contributed by atoms with E-state index >= 15 is 0 Å². The van der Waals surface area contributed by atoms with Crippen molar-refractivity contribution in [2.24, 2.45) is 16.5 Å². The zero-order chi connectivity index (χ0) is 58.2. The molecule has 16 N–H and O–H groups in total. The summed E-state index contributed by atoms with van der Waals surface area (Å²) in [4.78, 5) is 190. The van der Waals surface area contributed by atoms with Crippen molar-refractivity contribution in [3.63, 3.8) is 0 Å². The van der Waals surface area contributed by atoms with Crippen LogP contribution in [0.1, 0.15) is 68.9 Å². The lowest BCUT2D eigenvalue weighted by atomic mass is 10.0. The fraction of sp³-hybridized carbons (Fsp3) is 0.449. The number of carbonyl (C=O) groups is 14. The smallest absolute Gasteiger partial charge is 0.305 e. The molecule has 3 aliphatic rings. The van der Waals surface area contributed by atoms with Gasteiger partial charge in [0, 0.05) is 38.0 Å². The lowest BCUT2D eigenvalue weighted by molar-refractivity contribution is -0.142. The van der Waals surface area contributed by atoms with Crippen LogP contribution in [0.3, 0.4) is 0 Å². The number of nitrogens with zero attached hydrogens (tertiary/aromatic N) is 1. The van der Waals surface area contributed by atoms with Gasteiger partial charge in [-0.25, -0.2) is 4.99 Å². The lowest BCUT2D eigenvalue weighted by Crippen LogP contribution is -2.60. The number of benzene rings is 2. The van der Waals surface area contributed by atoms with E-state index in [2.05, 4.69) is 52.8 Å². The van der Waals surface area contributed by atoms with Gasteiger partial charge < -0.3 is 74.6 Å². The number of rotatable bonds is 12. The predicted molar refractivity (Wildman–Crippen MR) is 276 cm³/mol. The first-order chi connectivity index (χ1) is 37.5. The Morgan fingerprint density at radius 1 is 0.582 bits per heavy atom. The van der Waals surface area contributed by atoms with Crippen molar-refractivity contribution in [2.75, 3.05) is 18.1 Å². The van der Waals surface area contributed by atoms with Gasteiger partial charge in [-0.2, -0.15) is 0 Å². The number of hydrogen-bond acceptors (Lipinski definition) is 16. The quantitative estimate of drug-likeness (QED) is 0.0887. The van der Waals surface area contributed by atoms with Crippen LogP contribution < -0.4 is 59.3 Å². The van der Waals surface area contributed by atoms with Crippen molar-refractivity contribution in [1.29, 1.82) is 0 Å². The summed E-state index contributed by atoms with van der Waals surface area (Å²) >= 11 is 0.784. The molecule has 0 aromatic heterocycles. The normalized spacial score (nSPS) is 24.4. The highest BCUT2D eigenvalue weighted by atomic mass is 32.2. The Morgan fingerprint density at radius 2 is 1.14 bits per heavy atom. The maximum absolute atomic E-state index is 14.2. The Hall–Kier alpha value is -8.96. The van der Waals surface area contributed by atoms with E-state index in [4.69, 9.17) is 11.5 Å². The summed E-state index contributed by atoms with van der Waals surface area (Å²) in [6.07, 6.45) is -4.39. The molecule has 0 radical (unpaired) electrons. The SMILES string of the molecule is NC(=O)C[C@@H]1NC(=O)[C@H](CC(=O)O)NC(=O)[C@H](Cc2ccc(O)cc2)NC(=O)C=NC(=O)[C@H](CCC(=O)O)NC(=O)[C@H](Cc2ccccc2)NC(=O)[C@@H]2CCCCNC(=O)CC[C@H](NC1=O)C(=O)N[C@H](C(N)=O)CSCC(=O)N2. The second-order valence-electron chi connectivity index (χ2n) is 18.2. The summed E-state index contributed by atoms with van der Waals surface area (Å²) in [5.74, 6) is -17.4. The fourth-order valence-electron chi connectivity index (χ4n) is 7.81. The first kappa shape index (κ1) is 62.6. The lowest BCUT2D eigenvalue weighted by Gasteiger charge is -2.26. The van der Waals surface area contributed by atoms with Crippen LogP contribution in [0.2, 0.25) is 0 Å². The first-order valence-electron chi connectivity index (χ1n) is 24.6. The van der Waals surface area contributed by atoms with Crippen molar-refractivity contribution in [3.05, 3.63) is 65.7 Å². The van der Waals surface area contributed by atoms with E-state index in [1.807, 2.05) is 0 Å². The van der Waals surface area contributed by atoms with Gasteiger partial charge in [0.25, 0.3) is 11.8 Å². The molecule has 29 nitrogen and oxygen atoms in total. The Labute approximate surface area is 454 Å². The molecule has 426 valence electrons. The molecule has 2 aromatic carbocycles. The molecular formula is C49H62N12O17S.